The summed E-state index contributed by atoms with van der Waals surface area (Å²) >= 11 is 0. The second-order valence-electron chi connectivity index (χ2n) is 2.94. The zero-order valence-corrected chi connectivity index (χ0v) is 8.85. The van der Waals surface area contributed by atoms with E-state index < -0.39 is 23.6 Å². The zero-order chi connectivity index (χ0) is 12.8. The number of amides is 1. The average molecular weight is 239 g/mol. The minimum Gasteiger partial charge on any atom is -0.469 e. The van der Waals surface area contributed by atoms with Gasteiger partial charge in [-0.2, -0.15) is 13.2 Å². The molecule has 0 rings (SSSR count). The molecule has 0 aromatic rings. The fourth-order valence-corrected chi connectivity index (χ4v) is 0.719. The lowest BCUT2D eigenvalue weighted by Gasteiger charge is -2.06. The summed E-state index contributed by atoms with van der Waals surface area (Å²) in [4.78, 5) is 21.5. The summed E-state index contributed by atoms with van der Waals surface area (Å²) in [6.07, 6.45) is -4.15. The lowest BCUT2D eigenvalue weighted by atomic mass is 10.2. The molecule has 16 heavy (non-hydrogen) atoms. The third kappa shape index (κ3) is 6.05. The number of carbonyl (C=O) groups excluding carboxylic acids is 2. The molecule has 0 bridgehead atoms. The Morgan fingerprint density at radius 1 is 1.38 bits per heavy atom. The smallest absolute Gasteiger partial charge is 0.412 e. The largest absolute Gasteiger partial charge is 0.469 e. The van der Waals surface area contributed by atoms with Crippen LogP contribution in [-0.2, 0) is 14.3 Å². The van der Waals surface area contributed by atoms with Crippen LogP contribution in [0.5, 0.6) is 0 Å². The molecule has 1 N–H and O–H groups in total. The van der Waals surface area contributed by atoms with E-state index in [4.69, 9.17) is 0 Å². The SMILES string of the molecule is COC(=O)CCNC(=O)/C=C(\C)C(F)(F)F. The van der Waals surface area contributed by atoms with Gasteiger partial charge in [0.2, 0.25) is 5.91 Å². The fourth-order valence-electron chi connectivity index (χ4n) is 0.719. The number of hydrogen-bond donors (Lipinski definition) is 1. The van der Waals surface area contributed by atoms with E-state index in [9.17, 15) is 22.8 Å². The van der Waals surface area contributed by atoms with Crippen LogP contribution in [0.3, 0.4) is 0 Å². The highest BCUT2D eigenvalue weighted by Gasteiger charge is 2.30. The summed E-state index contributed by atoms with van der Waals surface area (Å²) in [5.74, 6) is -1.43. The van der Waals surface area contributed by atoms with Crippen LogP contribution in [0.15, 0.2) is 11.6 Å². The second kappa shape index (κ2) is 6.14. The summed E-state index contributed by atoms with van der Waals surface area (Å²) in [5, 5.41) is 2.13. The van der Waals surface area contributed by atoms with Crippen molar-refractivity contribution in [2.45, 2.75) is 19.5 Å². The molecule has 0 aromatic heterocycles. The minimum atomic E-state index is -4.51. The Morgan fingerprint density at radius 2 is 1.94 bits per heavy atom. The Labute approximate surface area is 90.5 Å². The van der Waals surface area contributed by atoms with E-state index in [-0.39, 0.29) is 13.0 Å². The van der Waals surface area contributed by atoms with Crippen molar-refractivity contribution in [3.05, 3.63) is 11.6 Å². The number of esters is 1. The van der Waals surface area contributed by atoms with E-state index in [0.717, 1.165) is 6.92 Å². The lowest BCUT2D eigenvalue weighted by molar-refractivity contribution is -0.140. The number of carbonyl (C=O) groups is 2. The lowest BCUT2D eigenvalue weighted by Crippen LogP contribution is -2.25. The Kier molecular flexibility index (Phi) is 5.55. The van der Waals surface area contributed by atoms with Crippen molar-refractivity contribution in [1.29, 1.82) is 0 Å². The first-order valence-electron chi connectivity index (χ1n) is 4.37. The molecule has 0 heterocycles. The minimum absolute atomic E-state index is 0.0624. The van der Waals surface area contributed by atoms with Gasteiger partial charge in [-0.25, -0.2) is 0 Å². The second-order valence-corrected chi connectivity index (χ2v) is 2.94. The Balaban J connectivity index is 4.05. The third-order valence-electron chi connectivity index (χ3n) is 1.65. The standard InChI is InChI=1S/C9H12F3NO3/c1-6(9(10,11)12)5-7(14)13-4-3-8(15)16-2/h5H,3-4H2,1-2H3,(H,13,14)/b6-5+. The normalized spacial score (nSPS) is 12.2. The van der Waals surface area contributed by atoms with E-state index >= 15 is 0 Å². The van der Waals surface area contributed by atoms with Gasteiger partial charge in [0.25, 0.3) is 0 Å². The molecule has 0 radical (unpaired) electrons. The van der Waals surface area contributed by atoms with E-state index in [1.54, 1.807) is 0 Å². The fraction of sp³-hybridized carbons (Fsp3) is 0.556. The maximum atomic E-state index is 12.0. The molecule has 92 valence electrons. The predicted molar refractivity (Wildman–Crippen MR) is 49.5 cm³/mol. The molecule has 4 nitrogen and oxygen atoms in total. The number of allylic oxidation sites excluding steroid dienone is 1. The highest BCUT2D eigenvalue weighted by molar-refractivity contribution is 5.88. The molecule has 0 aliphatic carbocycles. The molecular formula is C9H12F3NO3. The summed E-state index contributed by atoms with van der Waals surface area (Å²) in [7, 11) is 1.18. The summed E-state index contributed by atoms with van der Waals surface area (Å²) in [6, 6.07) is 0. The first-order chi connectivity index (χ1) is 7.27. The molecule has 0 aromatic carbocycles. The summed E-state index contributed by atoms with van der Waals surface area (Å²) in [6.45, 7) is 0.729. The van der Waals surface area contributed by atoms with Crippen molar-refractivity contribution < 1.29 is 27.5 Å². The molecule has 0 aliphatic rings. The highest BCUT2D eigenvalue weighted by atomic mass is 19.4. The number of halogens is 3. The number of alkyl halides is 3. The Hall–Kier alpha value is -1.53. The van der Waals surface area contributed by atoms with Crippen LogP contribution in [0, 0.1) is 0 Å². The van der Waals surface area contributed by atoms with Crippen molar-refractivity contribution >= 4 is 11.9 Å². The Bertz CT molecular complexity index is 297. The number of ether oxygens (including phenoxy) is 1. The van der Waals surface area contributed by atoms with Crippen LogP contribution >= 0.6 is 0 Å². The predicted octanol–water partition coefficient (Wildman–Crippen LogP) is 1.17. The van der Waals surface area contributed by atoms with E-state index in [1.165, 1.54) is 7.11 Å². The molecule has 0 spiro atoms. The molecule has 0 atom stereocenters. The van der Waals surface area contributed by atoms with Crippen LogP contribution in [0.1, 0.15) is 13.3 Å². The monoisotopic (exact) mass is 239 g/mol. The molecule has 0 unspecified atom stereocenters. The molecule has 0 fully saturated rings. The van der Waals surface area contributed by atoms with Gasteiger partial charge in [0.05, 0.1) is 13.5 Å². The van der Waals surface area contributed by atoms with Gasteiger partial charge in [0, 0.05) is 18.2 Å². The topological polar surface area (TPSA) is 55.4 Å². The van der Waals surface area contributed by atoms with Gasteiger partial charge in [-0.05, 0) is 6.92 Å². The van der Waals surface area contributed by atoms with Crippen molar-refractivity contribution in [1.82, 2.24) is 5.32 Å². The quantitative estimate of drug-likeness (QED) is 0.592. The first kappa shape index (κ1) is 14.5. The van der Waals surface area contributed by atoms with Crippen LogP contribution in [0.4, 0.5) is 13.2 Å². The van der Waals surface area contributed by atoms with Crippen LogP contribution in [0.25, 0.3) is 0 Å². The van der Waals surface area contributed by atoms with Crippen LogP contribution in [0.2, 0.25) is 0 Å². The maximum absolute atomic E-state index is 12.0. The number of rotatable bonds is 4. The number of nitrogens with one attached hydrogen (secondary N) is 1. The van der Waals surface area contributed by atoms with Crippen LogP contribution < -0.4 is 5.32 Å². The van der Waals surface area contributed by atoms with E-state index in [1.807, 2.05) is 0 Å². The van der Waals surface area contributed by atoms with Crippen LogP contribution in [-0.4, -0.2) is 31.7 Å². The molecule has 0 saturated heterocycles. The maximum Gasteiger partial charge on any atom is 0.412 e. The van der Waals surface area contributed by atoms with E-state index in [0.29, 0.717) is 6.08 Å². The van der Waals surface area contributed by atoms with Crippen molar-refractivity contribution in [3.63, 3.8) is 0 Å². The number of hydrogen-bond acceptors (Lipinski definition) is 3. The van der Waals surface area contributed by atoms with Crippen molar-refractivity contribution in [2.75, 3.05) is 13.7 Å². The third-order valence-corrected chi connectivity index (χ3v) is 1.65. The molecule has 0 saturated carbocycles. The Morgan fingerprint density at radius 3 is 2.38 bits per heavy atom. The van der Waals surface area contributed by atoms with Crippen molar-refractivity contribution in [3.8, 4) is 0 Å². The average Bonchev–Trinajstić information content (AvgIpc) is 2.15. The highest BCUT2D eigenvalue weighted by Crippen LogP contribution is 2.24. The van der Waals surface area contributed by atoms with Gasteiger partial charge in [0.15, 0.2) is 0 Å². The van der Waals surface area contributed by atoms with Gasteiger partial charge in [0.1, 0.15) is 0 Å². The number of methoxy groups -OCH3 is 1. The first-order valence-corrected chi connectivity index (χ1v) is 4.37. The van der Waals surface area contributed by atoms with Gasteiger partial charge >= 0.3 is 12.1 Å². The molecule has 1 amide bonds. The van der Waals surface area contributed by atoms with Gasteiger partial charge < -0.3 is 10.1 Å². The molecular weight excluding hydrogens is 227 g/mol. The summed E-state index contributed by atoms with van der Waals surface area (Å²) < 4.78 is 40.3. The summed E-state index contributed by atoms with van der Waals surface area (Å²) in [5.41, 5.74) is -0.997. The van der Waals surface area contributed by atoms with Crippen molar-refractivity contribution in [2.24, 2.45) is 0 Å². The van der Waals surface area contributed by atoms with Gasteiger partial charge in [-0.3, -0.25) is 9.59 Å². The van der Waals surface area contributed by atoms with Gasteiger partial charge in [-0.1, -0.05) is 0 Å². The van der Waals surface area contributed by atoms with Gasteiger partial charge in [-0.15, -0.1) is 0 Å². The van der Waals surface area contributed by atoms with E-state index in [2.05, 4.69) is 10.1 Å². The molecule has 0 aliphatic heterocycles. The molecule has 7 heteroatoms. The zero-order valence-electron chi connectivity index (χ0n) is 8.85.